The largest absolute Gasteiger partial charge is 0.396 e. The van der Waals surface area contributed by atoms with Gasteiger partial charge in [-0.1, -0.05) is 13.3 Å². The Balaban J connectivity index is 2.10. The van der Waals surface area contributed by atoms with Gasteiger partial charge in [-0.05, 0) is 36.8 Å². The van der Waals surface area contributed by atoms with E-state index >= 15 is 0 Å². The molecule has 104 valence electrons. The summed E-state index contributed by atoms with van der Waals surface area (Å²) in [6.07, 6.45) is 4.19. The lowest BCUT2D eigenvalue weighted by molar-refractivity contribution is 0.0842. The van der Waals surface area contributed by atoms with Crippen molar-refractivity contribution in [3.63, 3.8) is 0 Å². The third kappa shape index (κ3) is 2.55. The highest BCUT2D eigenvalue weighted by atomic mass is 19.1. The lowest BCUT2D eigenvalue weighted by atomic mass is 9.67. The number of anilines is 1. The lowest BCUT2D eigenvalue weighted by Crippen LogP contribution is -2.42. The van der Waals surface area contributed by atoms with E-state index in [9.17, 15) is 13.6 Å². The molecule has 1 fully saturated rings. The summed E-state index contributed by atoms with van der Waals surface area (Å²) >= 11 is 0. The topological polar surface area (TPSA) is 55.1 Å². The third-order valence-corrected chi connectivity index (χ3v) is 4.14. The van der Waals surface area contributed by atoms with Crippen LogP contribution in [0.3, 0.4) is 0 Å². The lowest BCUT2D eigenvalue weighted by Gasteiger charge is -2.41. The smallest absolute Gasteiger partial charge is 0.257 e. The Labute approximate surface area is 111 Å². The summed E-state index contributed by atoms with van der Waals surface area (Å²) in [6, 6.07) is 2.12. The SMILES string of the molecule is CCC1(CNC(=O)c2c(F)ccc(N)c2F)CCC1. The predicted octanol–water partition coefficient (Wildman–Crippen LogP) is 2.86. The van der Waals surface area contributed by atoms with Crippen LogP contribution < -0.4 is 11.1 Å². The van der Waals surface area contributed by atoms with Crippen molar-refractivity contribution in [3.8, 4) is 0 Å². The number of nitrogens with two attached hydrogens (primary N) is 1. The van der Waals surface area contributed by atoms with Crippen LogP contribution in [0.2, 0.25) is 0 Å². The zero-order valence-electron chi connectivity index (χ0n) is 10.9. The quantitative estimate of drug-likeness (QED) is 0.825. The number of carbonyl (C=O) groups excluding carboxylic acids is 1. The van der Waals surface area contributed by atoms with Gasteiger partial charge in [0.05, 0.1) is 5.69 Å². The molecule has 5 heteroatoms. The van der Waals surface area contributed by atoms with Crippen LogP contribution in [-0.2, 0) is 0 Å². The highest BCUT2D eigenvalue weighted by Gasteiger charge is 2.35. The van der Waals surface area contributed by atoms with Gasteiger partial charge in [0, 0.05) is 6.54 Å². The number of halogens is 2. The normalized spacial score (nSPS) is 16.8. The number of rotatable bonds is 4. The molecule has 1 aliphatic rings. The number of nitrogens with one attached hydrogen (secondary N) is 1. The van der Waals surface area contributed by atoms with Crippen LogP contribution in [-0.4, -0.2) is 12.5 Å². The summed E-state index contributed by atoms with van der Waals surface area (Å²) in [4.78, 5) is 11.9. The average Bonchev–Trinajstić information content (AvgIpc) is 2.34. The van der Waals surface area contributed by atoms with E-state index in [0.29, 0.717) is 6.54 Å². The van der Waals surface area contributed by atoms with Crippen LogP contribution in [0.25, 0.3) is 0 Å². The molecule has 1 aliphatic carbocycles. The third-order valence-electron chi connectivity index (χ3n) is 4.14. The maximum absolute atomic E-state index is 13.7. The molecular weight excluding hydrogens is 250 g/mol. The Hall–Kier alpha value is -1.65. The molecule has 1 amide bonds. The molecule has 0 aliphatic heterocycles. The standard InChI is InChI=1S/C14H18F2N2O/c1-2-14(6-3-7-14)8-18-13(19)11-9(15)4-5-10(17)12(11)16/h4-5H,2-3,6-8,17H2,1H3,(H,18,19). The van der Waals surface area contributed by atoms with Gasteiger partial charge in [-0.3, -0.25) is 4.79 Å². The summed E-state index contributed by atoms with van der Waals surface area (Å²) in [6.45, 7) is 2.52. The predicted molar refractivity (Wildman–Crippen MR) is 69.7 cm³/mol. The number of amides is 1. The van der Waals surface area contributed by atoms with Crippen molar-refractivity contribution in [1.82, 2.24) is 5.32 Å². The van der Waals surface area contributed by atoms with Crippen molar-refractivity contribution in [1.29, 1.82) is 0 Å². The van der Waals surface area contributed by atoms with Crippen molar-refractivity contribution in [2.24, 2.45) is 5.41 Å². The Morgan fingerprint density at radius 1 is 1.42 bits per heavy atom. The van der Waals surface area contributed by atoms with E-state index in [2.05, 4.69) is 12.2 Å². The zero-order valence-corrected chi connectivity index (χ0v) is 10.9. The van der Waals surface area contributed by atoms with E-state index in [-0.39, 0.29) is 11.1 Å². The molecule has 1 aromatic rings. The Morgan fingerprint density at radius 2 is 2.11 bits per heavy atom. The molecule has 1 saturated carbocycles. The first-order valence-electron chi connectivity index (χ1n) is 6.51. The molecule has 1 aromatic carbocycles. The van der Waals surface area contributed by atoms with Crippen LogP contribution >= 0.6 is 0 Å². The maximum Gasteiger partial charge on any atom is 0.257 e. The molecule has 0 atom stereocenters. The number of carbonyl (C=O) groups is 1. The van der Waals surface area contributed by atoms with Crippen molar-refractivity contribution in [2.45, 2.75) is 32.6 Å². The second-order valence-electron chi connectivity index (χ2n) is 5.22. The van der Waals surface area contributed by atoms with E-state index < -0.39 is 23.1 Å². The first-order valence-corrected chi connectivity index (χ1v) is 6.51. The van der Waals surface area contributed by atoms with Gasteiger partial charge in [0.15, 0.2) is 5.82 Å². The van der Waals surface area contributed by atoms with E-state index in [0.717, 1.165) is 37.8 Å². The molecule has 0 heterocycles. The number of nitrogen functional groups attached to an aromatic ring is 1. The Morgan fingerprint density at radius 3 is 2.63 bits per heavy atom. The minimum Gasteiger partial charge on any atom is -0.396 e. The van der Waals surface area contributed by atoms with Crippen molar-refractivity contribution in [2.75, 3.05) is 12.3 Å². The Bertz CT molecular complexity index is 493. The minimum absolute atomic E-state index is 0.100. The Kier molecular flexibility index (Phi) is 3.73. The van der Waals surface area contributed by atoms with Crippen LogP contribution in [0.15, 0.2) is 12.1 Å². The highest BCUT2D eigenvalue weighted by Crippen LogP contribution is 2.43. The number of hydrogen-bond acceptors (Lipinski definition) is 2. The molecule has 19 heavy (non-hydrogen) atoms. The van der Waals surface area contributed by atoms with Gasteiger partial charge < -0.3 is 11.1 Å². The van der Waals surface area contributed by atoms with Gasteiger partial charge in [0.1, 0.15) is 11.4 Å². The minimum atomic E-state index is -0.989. The van der Waals surface area contributed by atoms with Gasteiger partial charge >= 0.3 is 0 Å². The molecule has 3 nitrogen and oxygen atoms in total. The summed E-state index contributed by atoms with van der Waals surface area (Å²) in [7, 11) is 0. The average molecular weight is 268 g/mol. The van der Waals surface area contributed by atoms with Gasteiger partial charge in [0.25, 0.3) is 5.91 Å². The maximum atomic E-state index is 13.7. The monoisotopic (exact) mass is 268 g/mol. The highest BCUT2D eigenvalue weighted by molar-refractivity contribution is 5.95. The summed E-state index contributed by atoms with van der Waals surface area (Å²) in [5, 5.41) is 2.63. The van der Waals surface area contributed by atoms with Crippen molar-refractivity contribution in [3.05, 3.63) is 29.3 Å². The molecule has 0 spiro atoms. The zero-order chi connectivity index (χ0) is 14.0. The summed E-state index contributed by atoms with van der Waals surface area (Å²) < 4.78 is 27.2. The summed E-state index contributed by atoms with van der Waals surface area (Å²) in [5.74, 6) is -2.61. The fraction of sp³-hybridized carbons (Fsp3) is 0.500. The second kappa shape index (κ2) is 5.15. The van der Waals surface area contributed by atoms with E-state index in [1.54, 1.807) is 0 Å². The molecule has 0 bridgehead atoms. The molecule has 0 saturated heterocycles. The fourth-order valence-electron chi connectivity index (χ4n) is 2.47. The van der Waals surface area contributed by atoms with Gasteiger partial charge in [-0.15, -0.1) is 0 Å². The molecule has 0 aromatic heterocycles. The first-order chi connectivity index (χ1) is 8.99. The van der Waals surface area contributed by atoms with Crippen LogP contribution in [0, 0.1) is 17.0 Å². The number of benzene rings is 1. The second-order valence-corrected chi connectivity index (χ2v) is 5.22. The van der Waals surface area contributed by atoms with Crippen molar-refractivity contribution < 1.29 is 13.6 Å². The van der Waals surface area contributed by atoms with Gasteiger partial charge in [-0.25, -0.2) is 8.78 Å². The molecule has 0 unspecified atom stereocenters. The van der Waals surface area contributed by atoms with E-state index in [1.807, 2.05) is 0 Å². The molecule has 0 radical (unpaired) electrons. The molecule has 3 N–H and O–H groups in total. The van der Waals surface area contributed by atoms with Crippen molar-refractivity contribution >= 4 is 11.6 Å². The van der Waals surface area contributed by atoms with Crippen LogP contribution in [0.5, 0.6) is 0 Å². The molecular formula is C14H18F2N2O. The van der Waals surface area contributed by atoms with E-state index in [1.165, 1.54) is 0 Å². The molecule has 2 rings (SSSR count). The fourth-order valence-corrected chi connectivity index (χ4v) is 2.47. The first kappa shape index (κ1) is 13.8. The van der Waals surface area contributed by atoms with Crippen LogP contribution in [0.1, 0.15) is 43.0 Å². The number of hydrogen-bond donors (Lipinski definition) is 2. The summed E-state index contributed by atoms with van der Waals surface area (Å²) in [5.41, 5.74) is 4.64. The van der Waals surface area contributed by atoms with E-state index in [4.69, 9.17) is 5.73 Å². The van der Waals surface area contributed by atoms with Gasteiger partial charge in [0.2, 0.25) is 0 Å². The van der Waals surface area contributed by atoms with Crippen LogP contribution in [0.4, 0.5) is 14.5 Å². The van der Waals surface area contributed by atoms with Gasteiger partial charge in [-0.2, -0.15) is 0 Å².